The van der Waals surface area contributed by atoms with Gasteiger partial charge in [0, 0.05) is 22.8 Å². The molecule has 0 heterocycles. The van der Waals surface area contributed by atoms with Gasteiger partial charge in [0.25, 0.3) is 0 Å². The van der Waals surface area contributed by atoms with Gasteiger partial charge in [-0.2, -0.15) is 0 Å². The predicted octanol–water partition coefficient (Wildman–Crippen LogP) is 3.88. The van der Waals surface area contributed by atoms with Crippen molar-refractivity contribution in [1.29, 1.82) is 0 Å². The number of carbonyl (C=O) groups is 1. The third-order valence-electron chi connectivity index (χ3n) is 2.81. The first-order chi connectivity index (χ1) is 9.61. The van der Waals surface area contributed by atoms with E-state index in [1.54, 1.807) is 30.3 Å². The van der Waals surface area contributed by atoms with Crippen LogP contribution >= 0.6 is 11.6 Å². The lowest BCUT2D eigenvalue weighted by Gasteiger charge is -2.11. The molecule has 0 bridgehead atoms. The Bertz CT molecular complexity index is 631. The van der Waals surface area contributed by atoms with Gasteiger partial charge >= 0.3 is 5.97 Å². The largest absolute Gasteiger partial charge is 0.465 e. The minimum Gasteiger partial charge on any atom is -0.465 e. The van der Waals surface area contributed by atoms with E-state index in [-0.39, 0.29) is 12.4 Å². The van der Waals surface area contributed by atoms with Crippen LogP contribution in [0.4, 0.5) is 10.1 Å². The number of esters is 1. The highest BCUT2D eigenvalue weighted by molar-refractivity contribution is 6.31. The minimum absolute atomic E-state index is 0.262. The predicted molar refractivity (Wildman–Crippen MR) is 76.5 cm³/mol. The number of anilines is 1. The van der Waals surface area contributed by atoms with Crippen LogP contribution in [0, 0.1) is 5.82 Å². The summed E-state index contributed by atoms with van der Waals surface area (Å²) < 4.78 is 18.2. The van der Waals surface area contributed by atoms with Crippen molar-refractivity contribution in [3.8, 4) is 0 Å². The molecule has 0 aliphatic rings. The van der Waals surface area contributed by atoms with E-state index >= 15 is 0 Å². The van der Waals surface area contributed by atoms with Crippen molar-refractivity contribution in [3.63, 3.8) is 0 Å². The minimum atomic E-state index is -0.497. The highest BCUT2D eigenvalue weighted by Crippen LogP contribution is 2.22. The number of hydrogen-bond acceptors (Lipinski definition) is 3. The van der Waals surface area contributed by atoms with Gasteiger partial charge in [0.1, 0.15) is 5.82 Å². The van der Waals surface area contributed by atoms with E-state index in [2.05, 4.69) is 5.32 Å². The standard InChI is InChI=1S/C15H13ClFNO2/c1-20-15(19)12-8-11(16)6-7-14(12)18-9-10-4-2-3-5-13(10)17/h2-8,18H,9H2,1H3. The maximum Gasteiger partial charge on any atom is 0.340 e. The molecule has 2 aromatic rings. The van der Waals surface area contributed by atoms with Crippen molar-refractivity contribution in [2.75, 3.05) is 12.4 Å². The lowest BCUT2D eigenvalue weighted by atomic mass is 10.1. The number of methoxy groups -OCH3 is 1. The molecule has 0 saturated carbocycles. The molecule has 104 valence electrons. The van der Waals surface area contributed by atoms with Crippen LogP contribution in [0.3, 0.4) is 0 Å². The van der Waals surface area contributed by atoms with Gasteiger partial charge in [-0.3, -0.25) is 0 Å². The zero-order chi connectivity index (χ0) is 14.5. The molecule has 5 heteroatoms. The van der Waals surface area contributed by atoms with E-state index in [0.717, 1.165) is 0 Å². The fourth-order valence-corrected chi connectivity index (χ4v) is 1.95. The van der Waals surface area contributed by atoms with Gasteiger partial charge in [0.15, 0.2) is 0 Å². The zero-order valence-electron chi connectivity index (χ0n) is 10.8. The van der Waals surface area contributed by atoms with Crippen molar-refractivity contribution in [2.24, 2.45) is 0 Å². The second-order valence-corrected chi connectivity index (χ2v) is 4.56. The first-order valence-electron chi connectivity index (χ1n) is 5.97. The lowest BCUT2D eigenvalue weighted by molar-refractivity contribution is 0.0602. The summed E-state index contributed by atoms with van der Waals surface area (Å²) in [6, 6.07) is 11.3. The second-order valence-electron chi connectivity index (χ2n) is 4.13. The number of ether oxygens (including phenoxy) is 1. The Kier molecular flexibility index (Phi) is 4.58. The van der Waals surface area contributed by atoms with Crippen LogP contribution in [0.5, 0.6) is 0 Å². The molecule has 2 aromatic carbocycles. The molecule has 0 amide bonds. The fraction of sp³-hybridized carbons (Fsp3) is 0.133. The molecule has 3 nitrogen and oxygen atoms in total. The SMILES string of the molecule is COC(=O)c1cc(Cl)ccc1NCc1ccccc1F. The van der Waals surface area contributed by atoms with E-state index in [0.29, 0.717) is 21.8 Å². The second kappa shape index (κ2) is 6.39. The van der Waals surface area contributed by atoms with Gasteiger partial charge in [-0.15, -0.1) is 0 Å². The molecule has 20 heavy (non-hydrogen) atoms. The molecule has 0 aromatic heterocycles. The van der Waals surface area contributed by atoms with Gasteiger partial charge in [-0.25, -0.2) is 9.18 Å². The topological polar surface area (TPSA) is 38.3 Å². The Hall–Kier alpha value is -2.07. The first-order valence-corrected chi connectivity index (χ1v) is 6.34. The van der Waals surface area contributed by atoms with E-state index in [1.807, 2.05) is 0 Å². The lowest BCUT2D eigenvalue weighted by Crippen LogP contribution is -2.09. The number of nitrogens with one attached hydrogen (secondary N) is 1. The third kappa shape index (κ3) is 3.27. The third-order valence-corrected chi connectivity index (χ3v) is 3.05. The zero-order valence-corrected chi connectivity index (χ0v) is 11.6. The molecule has 0 fully saturated rings. The average Bonchev–Trinajstić information content (AvgIpc) is 2.46. The molecule has 1 N–H and O–H groups in total. The van der Waals surface area contributed by atoms with E-state index in [4.69, 9.17) is 16.3 Å². The quantitative estimate of drug-likeness (QED) is 0.870. The summed E-state index contributed by atoms with van der Waals surface area (Å²) in [5.74, 6) is -0.794. The molecule has 0 radical (unpaired) electrons. The molecule has 0 saturated heterocycles. The summed E-state index contributed by atoms with van der Waals surface area (Å²) >= 11 is 5.86. The van der Waals surface area contributed by atoms with Crippen LogP contribution in [0.15, 0.2) is 42.5 Å². The van der Waals surface area contributed by atoms with Crippen molar-refractivity contribution in [2.45, 2.75) is 6.54 Å². The number of hydrogen-bond donors (Lipinski definition) is 1. The Morgan fingerprint density at radius 1 is 1.30 bits per heavy atom. The summed E-state index contributed by atoms with van der Waals surface area (Å²) in [6.45, 7) is 0.262. The van der Waals surface area contributed by atoms with Crippen molar-refractivity contribution < 1.29 is 13.9 Å². The summed E-state index contributed by atoms with van der Waals surface area (Å²) in [7, 11) is 1.30. The molecule has 0 spiro atoms. The van der Waals surface area contributed by atoms with Crippen LogP contribution in [0.25, 0.3) is 0 Å². The highest BCUT2D eigenvalue weighted by Gasteiger charge is 2.12. The number of halogens is 2. The molecule has 0 aliphatic heterocycles. The van der Waals surface area contributed by atoms with E-state index < -0.39 is 5.97 Å². The van der Waals surface area contributed by atoms with Crippen LogP contribution in [0.2, 0.25) is 5.02 Å². The monoisotopic (exact) mass is 293 g/mol. The maximum atomic E-state index is 13.5. The van der Waals surface area contributed by atoms with Gasteiger partial charge < -0.3 is 10.1 Å². The number of benzene rings is 2. The molecular weight excluding hydrogens is 281 g/mol. The Labute approximate surface area is 121 Å². The summed E-state index contributed by atoms with van der Waals surface area (Å²) in [5.41, 5.74) is 1.37. The Morgan fingerprint density at radius 2 is 2.05 bits per heavy atom. The summed E-state index contributed by atoms with van der Waals surface area (Å²) in [5, 5.41) is 3.45. The van der Waals surface area contributed by atoms with Gasteiger partial charge in [-0.1, -0.05) is 29.8 Å². The molecular formula is C15H13ClFNO2. The maximum absolute atomic E-state index is 13.5. The van der Waals surface area contributed by atoms with Gasteiger partial charge in [-0.05, 0) is 24.3 Å². The van der Waals surface area contributed by atoms with Crippen LogP contribution in [-0.2, 0) is 11.3 Å². The average molecular weight is 294 g/mol. The highest BCUT2D eigenvalue weighted by atomic mass is 35.5. The fourth-order valence-electron chi connectivity index (χ4n) is 1.78. The molecule has 0 unspecified atom stereocenters. The van der Waals surface area contributed by atoms with Crippen molar-refractivity contribution in [1.82, 2.24) is 0 Å². The Balaban J connectivity index is 2.21. The van der Waals surface area contributed by atoms with Crippen molar-refractivity contribution >= 4 is 23.3 Å². The summed E-state index contributed by atoms with van der Waals surface area (Å²) in [4.78, 5) is 11.7. The normalized spacial score (nSPS) is 10.2. The number of rotatable bonds is 4. The van der Waals surface area contributed by atoms with E-state index in [1.165, 1.54) is 19.2 Å². The van der Waals surface area contributed by atoms with Gasteiger partial charge in [0.2, 0.25) is 0 Å². The van der Waals surface area contributed by atoms with Crippen molar-refractivity contribution in [3.05, 3.63) is 64.4 Å². The molecule has 0 aliphatic carbocycles. The Morgan fingerprint density at radius 3 is 2.75 bits per heavy atom. The van der Waals surface area contributed by atoms with Crippen LogP contribution in [-0.4, -0.2) is 13.1 Å². The summed E-state index contributed by atoms with van der Waals surface area (Å²) in [6.07, 6.45) is 0. The first kappa shape index (κ1) is 14.3. The van der Waals surface area contributed by atoms with Crippen LogP contribution < -0.4 is 5.32 Å². The van der Waals surface area contributed by atoms with E-state index in [9.17, 15) is 9.18 Å². The number of carbonyl (C=O) groups excluding carboxylic acids is 1. The molecule has 2 rings (SSSR count). The van der Waals surface area contributed by atoms with Gasteiger partial charge in [0.05, 0.1) is 12.7 Å². The molecule has 0 atom stereocenters. The van der Waals surface area contributed by atoms with Crippen LogP contribution in [0.1, 0.15) is 15.9 Å². The smallest absolute Gasteiger partial charge is 0.340 e.